The van der Waals surface area contributed by atoms with Gasteiger partial charge < -0.3 is 9.84 Å². The van der Waals surface area contributed by atoms with E-state index in [0.29, 0.717) is 6.61 Å². The van der Waals surface area contributed by atoms with Gasteiger partial charge in [-0.25, -0.2) is 0 Å². The van der Waals surface area contributed by atoms with Gasteiger partial charge in [-0.05, 0) is 18.4 Å². The van der Waals surface area contributed by atoms with Crippen molar-refractivity contribution in [3.8, 4) is 0 Å². The first-order chi connectivity index (χ1) is 6.36. The molecule has 1 N–H and O–H groups in total. The Hall–Kier alpha value is -0.860. The van der Waals surface area contributed by atoms with Crippen molar-refractivity contribution >= 4 is 0 Å². The largest absolute Gasteiger partial charge is 0.368 e. The molecule has 2 rings (SSSR count). The van der Waals surface area contributed by atoms with Gasteiger partial charge >= 0.3 is 0 Å². The molecule has 0 spiro atoms. The van der Waals surface area contributed by atoms with Gasteiger partial charge in [-0.3, -0.25) is 0 Å². The minimum absolute atomic E-state index is 0.280. The smallest absolute Gasteiger partial charge is 0.157 e. The molecule has 0 saturated carbocycles. The molecule has 1 aromatic rings. The molecule has 1 aromatic carbocycles. The van der Waals surface area contributed by atoms with Crippen molar-refractivity contribution in [3.63, 3.8) is 0 Å². The van der Waals surface area contributed by atoms with Crippen molar-refractivity contribution in [1.82, 2.24) is 0 Å². The molecule has 0 unspecified atom stereocenters. The lowest BCUT2D eigenvalue weighted by atomic mass is 9.98. The van der Waals surface area contributed by atoms with E-state index in [1.807, 2.05) is 18.2 Å². The number of aliphatic hydroxyl groups is 1. The van der Waals surface area contributed by atoms with E-state index in [-0.39, 0.29) is 5.92 Å². The molecule has 0 amide bonds. The van der Waals surface area contributed by atoms with Crippen LogP contribution in [0.4, 0.5) is 0 Å². The normalized spacial score (nSPS) is 27.8. The van der Waals surface area contributed by atoms with E-state index in [0.717, 1.165) is 12.8 Å². The average Bonchev–Trinajstić information content (AvgIpc) is 2.54. The fourth-order valence-corrected chi connectivity index (χ4v) is 1.74. The predicted molar refractivity (Wildman–Crippen MR) is 50.2 cm³/mol. The van der Waals surface area contributed by atoms with Crippen molar-refractivity contribution in [2.75, 3.05) is 6.61 Å². The first-order valence-corrected chi connectivity index (χ1v) is 4.70. The maximum Gasteiger partial charge on any atom is 0.157 e. The monoisotopic (exact) mass is 178 g/mol. The lowest BCUT2D eigenvalue weighted by Gasteiger charge is -2.12. The van der Waals surface area contributed by atoms with Crippen LogP contribution in [0.1, 0.15) is 12.0 Å². The van der Waals surface area contributed by atoms with E-state index >= 15 is 0 Å². The first kappa shape index (κ1) is 8.73. The third kappa shape index (κ3) is 2.08. The van der Waals surface area contributed by atoms with E-state index < -0.39 is 6.29 Å². The Morgan fingerprint density at radius 3 is 2.69 bits per heavy atom. The van der Waals surface area contributed by atoms with Gasteiger partial charge in [0.05, 0.1) is 6.61 Å². The van der Waals surface area contributed by atoms with Gasteiger partial charge in [-0.1, -0.05) is 30.3 Å². The van der Waals surface area contributed by atoms with Gasteiger partial charge in [-0.15, -0.1) is 0 Å². The average molecular weight is 178 g/mol. The standard InChI is InChI=1S/C11H14O2/c12-11-10(6-7-13-11)8-9-4-2-1-3-5-9/h1-5,10-12H,6-8H2/t10-,11-/m1/s1. The predicted octanol–water partition coefficient (Wildman–Crippen LogP) is 1.58. The van der Waals surface area contributed by atoms with Crippen molar-refractivity contribution < 1.29 is 9.84 Å². The summed E-state index contributed by atoms with van der Waals surface area (Å²) in [4.78, 5) is 0. The van der Waals surface area contributed by atoms with E-state index in [2.05, 4.69) is 12.1 Å². The van der Waals surface area contributed by atoms with Crippen LogP contribution in [0.25, 0.3) is 0 Å². The number of hydrogen-bond donors (Lipinski definition) is 1. The van der Waals surface area contributed by atoms with Crippen LogP contribution in [-0.2, 0) is 11.2 Å². The van der Waals surface area contributed by atoms with Crippen LogP contribution in [0.5, 0.6) is 0 Å². The summed E-state index contributed by atoms with van der Waals surface area (Å²) in [6, 6.07) is 10.2. The molecule has 0 aromatic heterocycles. The molecule has 1 saturated heterocycles. The van der Waals surface area contributed by atoms with E-state index in [1.165, 1.54) is 5.56 Å². The molecule has 0 aliphatic carbocycles. The second-order valence-corrected chi connectivity index (χ2v) is 3.50. The summed E-state index contributed by atoms with van der Waals surface area (Å²) in [6.07, 6.45) is 1.33. The quantitative estimate of drug-likeness (QED) is 0.745. The molecule has 1 aliphatic heterocycles. The van der Waals surface area contributed by atoms with Crippen LogP contribution >= 0.6 is 0 Å². The molecule has 0 radical (unpaired) electrons. The minimum Gasteiger partial charge on any atom is -0.368 e. The topological polar surface area (TPSA) is 29.5 Å². The molecular weight excluding hydrogens is 164 g/mol. The number of benzene rings is 1. The van der Waals surface area contributed by atoms with E-state index in [4.69, 9.17) is 4.74 Å². The minimum atomic E-state index is -0.555. The molecule has 70 valence electrons. The van der Waals surface area contributed by atoms with Gasteiger partial charge in [0.1, 0.15) is 0 Å². The molecule has 0 bridgehead atoms. The van der Waals surface area contributed by atoms with Crippen molar-refractivity contribution in [3.05, 3.63) is 35.9 Å². The van der Waals surface area contributed by atoms with E-state index in [1.54, 1.807) is 0 Å². The van der Waals surface area contributed by atoms with Gasteiger partial charge in [0.2, 0.25) is 0 Å². The molecule has 1 aliphatic rings. The maximum atomic E-state index is 9.43. The van der Waals surface area contributed by atoms with Crippen molar-refractivity contribution in [2.24, 2.45) is 5.92 Å². The second kappa shape index (κ2) is 3.90. The Bertz CT molecular complexity index is 258. The summed E-state index contributed by atoms with van der Waals surface area (Å²) in [7, 11) is 0. The third-order valence-electron chi connectivity index (χ3n) is 2.52. The van der Waals surface area contributed by atoms with Crippen molar-refractivity contribution in [1.29, 1.82) is 0 Å². The number of ether oxygens (including phenoxy) is 1. The number of aliphatic hydroxyl groups excluding tert-OH is 1. The number of rotatable bonds is 2. The summed E-state index contributed by atoms with van der Waals surface area (Å²) in [5.41, 5.74) is 1.28. The van der Waals surface area contributed by atoms with Gasteiger partial charge in [0.15, 0.2) is 6.29 Å². The van der Waals surface area contributed by atoms with Crippen LogP contribution in [0, 0.1) is 5.92 Å². The molecular formula is C11H14O2. The van der Waals surface area contributed by atoms with Crippen LogP contribution in [0.3, 0.4) is 0 Å². The SMILES string of the molecule is O[C@@H]1OCC[C@@H]1Cc1ccccc1. The molecule has 1 fully saturated rings. The lowest BCUT2D eigenvalue weighted by Crippen LogP contribution is -2.16. The first-order valence-electron chi connectivity index (χ1n) is 4.70. The van der Waals surface area contributed by atoms with Crippen molar-refractivity contribution in [2.45, 2.75) is 19.1 Å². The van der Waals surface area contributed by atoms with Gasteiger partial charge in [0.25, 0.3) is 0 Å². The van der Waals surface area contributed by atoms with E-state index in [9.17, 15) is 5.11 Å². The third-order valence-corrected chi connectivity index (χ3v) is 2.52. The zero-order chi connectivity index (χ0) is 9.10. The Morgan fingerprint density at radius 1 is 1.31 bits per heavy atom. The Labute approximate surface area is 78.2 Å². The summed E-state index contributed by atoms with van der Waals surface area (Å²) < 4.78 is 5.09. The van der Waals surface area contributed by atoms with Crippen LogP contribution < -0.4 is 0 Å². The lowest BCUT2D eigenvalue weighted by molar-refractivity contribution is -0.0818. The van der Waals surface area contributed by atoms with Gasteiger partial charge in [0, 0.05) is 5.92 Å². The Morgan fingerprint density at radius 2 is 2.08 bits per heavy atom. The van der Waals surface area contributed by atoms with Crippen LogP contribution in [0.15, 0.2) is 30.3 Å². The fraction of sp³-hybridized carbons (Fsp3) is 0.455. The summed E-state index contributed by atoms with van der Waals surface area (Å²) in [5.74, 6) is 0.280. The highest BCUT2D eigenvalue weighted by molar-refractivity contribution is 5.15. The molecule has 2 atom stereocenters. The zero-order valence-corrected chi connectivity index (χ0v) is 7.52. The van der Waals surface area contributed by atoms with Crippen LogP contribution in [-0.4, -0.2) is 18.0 Å². The summed E-state index contributed by atoms with van der Waals surface area (Å²) in [5, 5.41) is 9.43. The highest BCUT2D eigenvalue weighted by Crippen LogP contribution is 2.22. The molecule has 1 heterocycles. The zero-order valence-electron chi connectivity index (χ0n) is 7.52. The summed E-state index contributed by atoms with van der Waals surface area (Å²) >= 11 is 0. The molecule has 13 heavy (non-hydrogen) atoms. The summed E-state index contributed by atoms with van der Waals surface area (Å²) in [6.45, 7) is 0.693. The number of hydrogen-bond acceptors (Lipinski definition) is 2. The highest BCUT2D eigenvalue weighted by atomic mass is 16.6. The highest BCUT2D eigenvalue weighted by Gasteiger charge is 2.25. The maximum absolute atomic E-state index is 9.43. The van der Waals surface area contributed by atoms with Gasteiger partial charge in [-0.2, -0.15) is 0 Å². The Balaban J connectivity index is 1.98. The second-order valence-electron chi connectivity index (χ2n) is 3.50. The molecule has 2 heteroatoms. The Kier molecular flexibility index (Phi) is 2.62. The fourth-order valence-electron chi connectivity index (χ4n) is 1.74. The molecule has 2 nitrogen and oxygen atoms in total. The van der Waals surface area contributed by atoms with Crippen LogP contribution in [0.2, 0.25) is 0 Å².